The molecule has 4 heterocycles. The van der Waals surface area contributed by atoms with Crippen LogP contribution in [0.4, 0.5) is 14.6 Å². The van der Waals surface area contributed by atoms with Crippen LogP contribution < -0.4 is 10.6 Å². The van der Waals surface area contributed by atoms with Gasteiger partial charge in [-0.25, -0.2) is 23.1 Å². The number of aldehydes is 1. The topological polar surface area (TPSA) is 101 Å². The highest BCUT2D eigenvalue weighted by molar-refractivity contribution is 6.34. The molecule has 43 heavy (non-hydrogen) atoms. The third-order valence-corrected chi connectivity index (χ3v) is 7.85. The largest absolute Gasteiger partial charge is 0.355 e. The zero-order chi connectivity index (χ0) is 31.2. The molecule has 0 saturated carbocycles. The number of hydrogen-bond donors (Lipinski definition) is 0. The van der Waals surface area contributed by atoms with E-state index in [1.807, 2.05) is 32.6 Å². The van der Waals surface area contributed by atoms with Gasteiger partial charge in [-0.3, -0.25) is 14.6 Å². The molecular weight excluding hydrogens is 578 g/mol. The molecule has 0 spiro atoms. The maximum Gasteiger partial charge on any atom is 0.355 e. The smallest absolute Gasteiger partial charge is 0.350 e. The predicted octanol–water partition coefficient (Wildman–Crippen LogP) is 5.24. The number of carbonyl (C=O) groups is 2. The minimum absolute atomic E-state index is 0.0329. The number of aromatic nitrogens is 4. The molecule has 1 atom stereocenters. The monoisotopic (exact) mass is 606 g/mol. The lowest BCUT2D eigenvalue weighted by atomic mass is 10.0. The summed E-state index contributed by atoms with van der Waals surface area (Å²) < 4.78 is 30.6. The molecule has 12 heteroatoms. The fraction of sp³-hybridized carbons (Fsp3) is 0.290. The van der Waals surface area contributed by atoms with Gasteiger partial charge >= 0.3 is 5.69 Å². The van der Waals surface area contributed by atoms with Crippen molar-refractivity contribution in [2.45, 2.75) is 39.7 Å². The highest BCUT2D eigenvalue weighted by atomic mass is 35.5. The third-order valence-electron chi connectivity index (χ3n) is 7.56. The minimum atomic E-state index is -1.03. The lowest BCUT2D eigenvalue weighted by Crippen LogP contribution is -2.54. The second-order valence-electron chi connectivity index (χ2n) is 10.8. The number of rotatable bonds is 6. The Labute approximate surface area is 251 Å². The highest BCUT2D eigenvalue weighted by Gasteiger charge is 2.31. The molecule has 9 nitrogen and oxygen atoms in total. The number of anilines is 1. The first-order valence-electron chi connectivity index (χ1n) is 13.7. The summed E-state index contributed by atoms with van der Waals surface area (Å²) in [6, 6.07) is 4.57. The van der Waals surface area contributed by atoms with Crippen molar-refractivity contribution >= 4 is 40.6 Å². The van der Waals surface area contributed by atoms with E-state index in [0.717, 1.165) is 11.6 Å². The van der Waals surface area contributed by atoms with Crippen LogP contribution in [0.2, 0.25) is 5.02 Å². The summed E-state index contributed by atoms with van der Waals surface area (Å²) in [5.74, 6) is -1.96. The van der Waals surface area contributed by atoms with Crippen LogP contribution in [0.3, 0.4) is 0 Å². The van der Waals surface area contributed by atoms with Crippen LogP contribution >= 0.6 is 11.6 Å². The number of nitrogens with zero attached hydrogens (tertiary/aromatic N) is 6. The van der Waals surface area contributed by atoms with E-state index >= 15 is 4.39 Å². The first kappa shape index (κ1) is 30.0. The van der Waals surface area contributed by atoms with Gasteiger partial charge in [0.15, 0.2) is 11.9 Å². The van der Waals surface area contributed by atoms with Gasteiger partial charge in [-0.15, -0.1) is 0 Å². The number of amides is 1. The minimum Gasteiger partial charge on any atom is -0.350 e. The summed E-state index contributed by atoms with van der Waals surface area (Å²) in [5.41, 5.74) is 0.532. The molecule has 1 aromatic carbocycles. The number of hydrogen-bond acceptors (Lipinski definition) is 7. The quantitative estimate of drug-likeness (QED) is 0.218. The lowest BCUT2D eigenvalue weighted by molar-refractivity contribution is -0.126. The number of halogens is 3. The SMILES string of the molecule is C=CC(=O)N1CCN(c2nc(=O)n(-c3c(C)ccnc3C(C)C)c3nc(-c4c(F)cc(F)cc4C=O)c(Cl)cc23)[C@@H](C)C1. The van der Waals surface area contributed by atoms with Gasteiger partial charge in [0.05, 0.1) is 27.5 Å². The van der Waals surface area contributed by atoms with Crippen LogP contribution in [0.15, 0.2) is 47.9 Å². The standard InChI is InChI=1S/C31H29ClF2N6O3/c1-6-24(42)38-9-10-39(18(5)14-38)29-21-13-22(32)27(25-19(15-41)11-20(33)12-23(25)34)36-30(21)40(31(43)37-29)28-17(4)7-8-35-26(28)16(2)3/h6-8,11-13,15-16,18H,1,9-10,14H2,2-5H3/t18-/m0/s1. The third kappa shape index (κ3) is 5.29. The van der Waals surface area contributed by atoms with E-state index < -0.39 is 17.3 Å². The van der Waals surface area contributed by atoms with Gasteiger partial charge in [-0.2, -0.15) is 4.98 Å². The van der Waals surface area contributed by atoms with E-state index in [2.05, 4.69) is 16.5 Å². The molecular formula is C31H29ClF2N6O3. The van der Waals surface area contributed by atoms with Crippen molar-refractivity contribution < 1.29 is 18.4 Å². The molecule has 1 saturated heterocycles. The second kappa shape index (κ2) is 11.6. The summed E-state index contributed by atoms with van der Waals surface area (Å²) in [6.45, 7) is 12.2. The van der Waals surface area contributed by atoms with E-state index in [-0.39, 0.29) is 45.4 Å². The molecule has 0 N–H and O–H groups in total. The predicted molar refractivity (Wildman–Crippen MR) is 161 cm³/mol. The molecule has 0 radical (unpaired) electrons. The fourth-order valence-corrected chi connectivity index (χ4v) is 5.77. The molecule has 0 bridgehead atoms. The molecule has 4 aromatic rings. The number of benzene rings is 1. The van der Waals surface area contributed by atoms with E-state index in [4.69, 9.17) is 16.6 Å². The van der Waals surface area contributed by atoms with E-state index in [1.165, 1.54) is 16.7 Å². The Kier molecular flexibility index (Phi) is 8.11. The summed E-state index contributed by atoms with van der Waals surface area (Å²) in [7, 11) is 0. The van der Waals surface area contributed by atoms with Crippen molar-refractivity contribution in [3.8, 4) is 16.9 Å². The van der Waals surface area contributed by atoms with E-state index in [9.17, 15) is 18.8 Å². The Morgan fingerprint density at radius 2 is 1.93 bits per heavy atom. The summed E-state index contributed by atoms with van der Waals surface area (Å²) >= 11 is 6.71. The van der Waals surface area contributed by atoms with Crippen molar-refractivity contribution in [1.82, 2.24) is 24.4 Å². The molecule has 1 aliphatic heterocycles. The highest BCUT2D eigenvalue weighted by Crippen LogP contribution is 2.37. The van der Waals surface area contributed by atoms with Crippen molar-refractivity contribution in [3.05, 3.63) is 87.1 Å². The Morgan fingerprint density at radius 3 is 2.58 bits per heavy atom. The number of aryl methyl sites for hydroxylation is 1. The Balaban J connectivity index is 1.85. The van der Waals surface area contributed by atoms with Crippen molar-refractivity contribution in [1.29, 1.82) is 0 Å². The van der Waals surface area contributed by atoms with Gasteiger partial charge in [-0.1, -0.05) is 32.0 Å². The molecule has 5 rings (SSSR count). The van der Waals surface area contributed by atoms with Crippen molar-refractivity contribution in [2.24, 2.45) is 0 Å². The molecule has 3 aromatic heterocycles. The number of piperazine rings is 1. The Morgan fingerprint density at radius 1 is 1.19 bits per heavy atom. The zero-order valence-corrected chi connectivity index (χ0v) is 24.8. The van der Waals surface area contributed by atoms with Gasteiger partial charge in [0.25, 0.3) is 0 Å². The van der Waals surface area contributed by atoms with Crippen LogP contribution in [0.1, 0.15) is 48.3 Å². The van der Waals surface area contributed by atoms with Crippen LogP contribution in [0.25, 0.3) is 28.0 Å². The molecule has 1 aliphatic rings. The van der Waals surface area contributed by atoms with Gasteiger partial charge in [-0.05, 0) is 49.6 Å². The summed E-state index contributed by atoms with van der Waals surface area (Å²) in [4.78, 5) is 55.4. The van der Waals surface area contributed by atoms with Crippen molar-refractivity contribution in [3.63, 3.8) is 0 Å². The first-order valence-corrected chi connectivity index (χ1v) is 14.1. The first-order chi connectivity index (χ1) is 20.5. The number of fused-ring (bicyclic) bond motifs is 1. The van der Waals surface area contributed by atoms with E-state index in [0.29, 0.717) is 54.6 Å². The molecule has 1 fully saturated rings. The second-order valence-corrected chi connectivity index (χ2v) is 11.2. The average molecular weight is 607 g/mol. The molecule has 1 amide bonds. The van der Waals surface area contributed by atoms with Gasteiger partial charge in [0.1, 0.15) is 17.5 Å². The number of carbonyl (C=O) groups excluding carboxylic acids is 2. The number of pyridine rings is 2. The normalized spacial score (nSPS) is 15.3. The van der Waals surface area contributed by atoms with E-state index in [1.54, 1.807) is 17.2 Å². The Hall–Kier alpha value is -4.51. The molecule has 0 aliphatic carbocycles. The average Bonchev–Trinajstić information content (AvgIpc) is 2.96. The van der Waals surface area contributed by atoms with Gasteiger partial charge in [0.2, 0.25) is 5.91 Å². The maximum atomic E-state index is 15.2. The molecule has 222 valence electrons. The van der Waals surface area contributed by atoms with Crippen LogP contribution in [-0.2, 0) is 4.79 Å². The lowest BCUT2D eigenvalue weighted by Gasteiger charge is -2.40. The van der Waals surface area contributed by atoms with Gasteiger partial charge in [0, 0.05) is 49.1 Å². The Bertz CT molecular complexity index is 1860. The van der Waals surface area contributed by atoms with Crippen LogP contribution in [0, 0.1) is 18.6 Å². The zero-order valence-electron chi connectivity index (χ0n) is 24.1. The van der Waals surface area contributed by atoms with Crippen molar-refractivity contribution in [2.75, 3.05) is 24.5 Å². The summed E-state index contributed by atoms with van der Waals surface area (Å²) in [6.07, 6.45) is 3.23. The van der Waals surface area contributed by atoms with Gasteiger partial charge < -0.3 is 9.80 Å². The maximum absolute atomic E-state index is 15.2. The fourth-order valence-electron chi connectivity index (χ4n) is 5.52. The molecule has 0 unspecified atom stereocenters. The van der Waals surface area contributed by atoms with Crippen LogP contribution in [0.5, 0.6) is 0 Å². The summed E-state index contributed by atoms with van der Waals surface area (Å²) in [5, 5.41) is 0.353. The van der Waals surface area contributed by atoms with Crippen LogP contribution in [-0.4, -0.2) is 62.3 Å².